The second-order valence-electron chi connectivity index (χ2n) is 5.06. The van der Waals surface area contributed by atoms with Crippen LogP contribution in [-0.2, 0) is 11.2 Å². The van der Waals surface area contributed by atoms with Gasteiger partial charge in [-0.05, 0) is 64.3 Å². The lowest BCUT2D eigenvalue weighted by atomic mass is 10.2. The van der Waals surface area contributed by atoms with E-state index in [0.717, 1.165) is 10.9 Å². The van der Waals surface area contributed by atoms with E-state index in [1.165, 1.54) is 5.56 Å². The molecule has 0 spiro atoms. The first kappa shape index (κ1) is 18.6. The highest BCUT2D eigenvalue weighted by molar-refractivity contribution is 9.10. The van der Waals surface area contributed by atoms with Gasteiger partial charge in [0.05, 0.1) is 11.0 Å². The molecule has 128 valence electrons. The van der Waals surface area contributed by atoms with Crippen LogP contribution in [0.15, 0.2) is 46.9 Å². The van der Waals surface area contributed by atoms with Gasteiger partial charge in [0, 0.05) is 5.02 Å². The van der Waals surface area contributed by atoms with E-state index >= 15 is 0 Å². The lowest BCUT2D eigenvalue weighted by molar-refractivity contribution is -0.123. The number of amides is 1. The largest absolute Gasteiger partial charge is 0.492 e. The Hall–Kier alpha value is -1.72. The van der Waals surface area contributed by atoms with E-state index in [1.54, 1.807) is 24.3 Å². The molecule has 0 heterocycles. The average Bonchev–Trinajstić information content (AvgIpc) is 2.59. The van der Waals surface area contributed by atoms with E-state index < -0.39 is 0 Å². The van der Waals surface area contributed by atoms with Gasteiger partial charge in [0.2, 0.25) is 0 Å². The van der Waals surface area contributed by atoms with Crippen LogP contribution in [0.3, 0.4) is 0 Å². The van der Waals surface area contributed by atoms with Crippen molar-refractivity contribution in [3.8, 4) is 11.5 Å². The molecule has 2 rings (SSSR count). The SMILES string of the molecule is CCc1ccc(OCC(=O)NCCOc2ccc(Cl)cc2)c(Br)c1. The second kappa shape index (κ2) is 9.55. The van der Waals surface area contributed by atoms with E-state index in [1.807, 2.05) is 18.2 Å². The molecule has 2 aromatic carbocycles. The van der Waals surface area contributed by atoms with Crippen LogP contribution in [0, 0.1) is 0 Å². The van der Waals surface area contributed by atoms with Crippen molar-refractivity contribution < 1.29 is 14.3 Å². The first-order valence-electron chi connectivity index (χ1n) is 7.64. The summed E-state index contributed by atoms with van der Waals surface area (Å²) in [6, 6.07) is 12.9. The molecule has 0 aliphatic rings. The van der Waals surface area contributed by atoms with Gasteiger partial charge in [-0.25, -0.2) is 0 Å². The van der Waals surface area contributed by atoms with E-state index in [2.05, 4.69) is 28.2 Å². The van der Waals surface area contributed by atoms with Crippen molar-refractivity contribution in [1.29, 1.82) is 0 Å². The predicted molar refractivity (Wildman–Crippen MR) is 99.0 cm³/mol. The number of nitrogens with one attached hydrogen (secondary N) is 1. The first-order chi connectivity index (χ1) is 11.6. The summed E-state index contributed by atoms with van der Waals surface area (Å²) >= 11 is 9.24. The maximum Gasteiger partial charge on any atom is 0.258 e. The van der Waals surface area contributed by atoms with Gasteiger partial charge in [-0.1, -0.05) is 24.6 Å². The molecule has 1 N–H and O–H groups in total. The minimum atomic E-state index is -0.193. The van der Waals surface area contributed by atoms with Gasteiger partial charge in [0.1, 0.15) is 18.1 Å². The molecule has 0 unspecified atom stereocenters. The monoisotopic (exact) mass is 411 g/mol. The van der Waals surface area contributed by atoms with Gasteiger partial charge in [-0.15, -0.1) is 0 Å². The molecule has 6 heteroatoms. The summed E-state index contributed by atoms with van der Waals surface area (Å²) in [6.07, 6.45) is 0.951. The maximum atomic E-state index is 11.8. The van der Waals surface area contributed by atoms with Crippen molar-refractivity contribution in [2.45, 2.75) is 13.3 Å². The average molecular weight is 413 g/mol. The number of hydrogen-bond donors (Lipinski definition) is 1. The number of carbonyl (C=O) groups is 1. The fraction of sp³-hybridized carbons (Fsp3) is 0.278. The standard InChI is InChI=1S/C18H19BrClNO3/c1-2-13-3-8-17(16(19)11-13)24-12-18(22)21-9-10-23-15-6-4-14(20)5-7-15/h3-8,11H,2,9-10,12H2,1H3,(H,21,22). The molecule has 0 saturated carbocycles. The Morgan fingerprint density at radius 1 is 1.17 bits per heavy atom. The zero-order valence-corrected chi connectivity index (χ0v) is 15.7. The van der Waals surface area contributed by atoms with Crippen LogP contribution in [0.2, 0.25) is 5.02 Å². The normalized spacial score (nSPS) is 10.3. The number of benzene rings is 2. The van der Waals surface area contributed by atoms with Crippen molar-refractivity contribution in [2.75, 3.05) is 19.8 Å². The van der Waals surface area contributed by atoms with Gasteiger partial charge in [0.15, 0.2) is 6.61 Å². The van der Waals surface area contributed by atoms with Crippen molar-refractivity contribution in [3.63, 3.8) is 0 Å². The Morgan fingerprint density at radius 3 is 2.58 bits per heavy atom. The molecule has 0 bridgehead atoms. The summed E-state index contributed by atoms with van der Waals surface area (Å²) in [6.45, 7) is 2.83. The summed E-state index contributed by atoms with van der Waals surface area (Å²) in [4.78, 5) is 11.8. The molecule has 0 fully saturated rings. The third kappa shape index (κ3) is 6.06. The van der Waals surface area contributed by atoms with Crippen molar-refractivity contribution in [3.05, 3.63) is 57.5 Å². The molecule has 0 radical (unpaired) electrons. The Balaban J connectivity index is 1.67. The van der Waals surface area contributed by atoms with E-state index in [-0.39, 0.29) is 12.5 Å². The van der Waals surface area contributed by atoms with Crippen molar-refractivity contribution in [1.82, 2.24) is 5.32 Å². The summed E-state index contributed by atoms with van der Waals surface area (Å²) < 4.78 is 11.9. The van der Waals surface area contributed by atoms with E-state index in [0.29, 0.717) is 29.7 Å². The molecular formula is C18H19BrClNO3. The topological polar surface area (TPSA) is 47.6 Å². The predicted octanol–water partition coefficient (Wildman–Crippen LogP) is 4.24. The zero-order valence-electron chi connectivity index (χ0n) is 13.4. The highest BCUT2D eigenvalue weighted by atomic mass is 79.9. The molecule has 4 nitrogen and oxygen atoms in total. The second-order valence-corrected chi connectivity index (χ2v) is 6.35. The highest BCUT2D eigenvalue weighted by Crippen LogP contribution is 2.26. The molecule has 0 aromatic heterocycles. The van der Waals surface area contributed by atoms with E-state index in [9.17, 15) is 4.79 Å². The Morgan fingerprint density at radius 2 is 1.92 bits per heavy atom. The Bertz CT molecular complexity index is 676. The van der Waals surface area contributed by atoms with Crippen LogP contribution < -0.4 is 14.8 Å². The van der Waals surface area contributed by atoms with Gasteiger partial charge >= 0.3 is 0 Å². The van der Waals surface area contributed by atoms with Crippen LogP contribution in [0.5, 0.6) is 11.5 Å². The molecule has 0 atom stereocenters. The number of aryl methyl sites for hydroxylation is 1. The van der Waals surface area contributed by atoms with Gasteiger partial charge in [-0.2, -0.15) is 0 Å². The summed E-state index contributed by atoms with van der Waals surface area (Å²) in [5.74, 6) is 1.17. The van der Waals surface area contributed by atoms with Crippen LogP contribution in [-0.4, -0.2) is 25.7 Å². The number of ether oxygens (including phenoxy) is 2. The third-order valence-electron chi connectivity index (χ3n) is 3.27. The molecule has 0 aliphatic carbocycles. The summed E-state index contributed by atoms with van der Waals surface area (Å²) in [7, 11) is 0. The van der Waals surface area contributed by atoms with Crippen LogP contribution in [0.4, 0.5) is 0 Å². The number of hydrogen-bond acceptors (Lipinski definition) is 3. The zero-order chi connectivity index (χ0) is 17.4. The number of rotatable bonds is 8. The first-order valence-corrected chi connectivity index (χ1v) is 8.82. The summed E-state index contributed by atoms with van der Waals surface area (Å²) in [5, 5.41) is 3.40. The Kier molecular flexibility index (Phi) is 7.40. The smallest absolute Gasteiger partial charge is 0.258 e. The minimum absolute atomic E-state index is 0.0367. The quantitative estimate of drug-likeness (QED) is 0.660. The van der Waals surface area contributed by atoms with Crippen LogP contribution >= 0.6 is 27.5 Å². The molecule has 0 aliphatic heterocycles. The number of halogens is 2. The van der Waals surface area contributed by atoms with Crippen molar-refractivity contribution >= 4 is 33.4 Å². The molecule has 24 heavy (non-hydrogen) atoms. The van der Waals surface area contributed by atoms with Gasteiger partial charge < -0.3 is 14.8 Å². The van der Waals surface area contributed by atoms with E-state index in [4.69, 9.17) is 21.1 Å². The Labute approximate surface area is 155 Å². The minimum Gasteiger partial charge on any atom is -0.492 e. The molecular weight excluding hydrogens is 394 g/mol. The number of carbonyl (C=O) groups excluding carboxylic acids is 1. The van der Waals surface area contributed by atoms with Gasteiger partial charge in [0.25, 0.3) is 5.91 Å². The molecule has 2 aromatic rings. The molecule has 0 saturated heterocycles. The highest BCUT2D eigenvalue weighted by Gasteiger charge is 2.06. The lowest BCUT2D eigenvalue weighted by Crippen LogP contribution is -2.32. The van der Waals surface area contributed by atoms with Crippen LogP contribution in [0.25, 0.3) is 0 Å². The maximum absolute atomic E-state index is 11.8. The third-order valence-corrected chi connectivity index (χ3v) is 4.14. The molecule has 1 amide bonds. The van der Waals surface area contributed by atoms with Gasteiger partial charge in [-0.3, -0.25) is 4.79 Å². The summed E-state index contributed by atoms with van der Waals surface area (Å²) in [5.41, 5.74) is 1.21. The fourth-order valence-corrected chi connectivity index (χ4v) is 2.63. The fourth-order valence-electron chi connectivity index (χ4n) is 1.97. The lowest BCUT2D eigenvalue weighted by Gasteiger charge is -2.10. The van der Waals surface area contributed by atoms with Crippen molar-refractivity contribution in [2.24, 2.45) is 0 Å². The van der Waals surface area contributed by atoms with Crippen LogP contribution in [0.1, 0.15) is 12.5 Å².